The van der Waals surface area contributed by atoms with E-state index in [-0.39, 0.29) is 11.5 Å². The standard InChI is InChI=1S/C20H27N3O3Si/c1-19(2,3)27(5,6)26-20(18(24)25-4,11-17-13-22-14-23-17)16-9-7-15(12-21)8-10-16/h7-10,13-14H,11H2,1-6H3,(H,22,23). The maximum absolute atomic E-state index is 13.1. The lowest BCUT2D eigenvalue weighted by Gasteiger charge is -2.44. The number of H-pyrrole nitrogens is 1. The van der Waals surface area contributed by atoms with Crippen LogP contribution in [0.1, 0.15) is 37.6 Å². The molecule has 2 rings (SSSR count). The first-order valence-corrected chi connectivity index (χ1v) is 11.7. The molecule has 0 spiro atoms. The van der Waals surface area contributed by atoms with Gasteiger partial charge < -0.3 is 14.1 Å². The third-order valence-electron chi connectivity index (χ3n) is 5.23. The van der Waals surface area contributed by atoms with E-state index >= 15 is 0 Å². The van der Waals surface area contributed by atoms with Crippen LogP contribution < -0.4 is 0 Å². The van der Waals surface area contributed by atoms with Gasteiger partial charge in [0.05, 0.1) is 25.1 Å². The zero-order chi connectivity index (χ0) is 20.3. The van der Waals surface area contributed by atoms with Gasteiger partial charge >= 0.3 is 5.97 Å². The van der Waals surface area contributed by atoms with Crippen molar-refractivity contribution in [2.75, 3.05) is 7.11 Å². The van der Waals surface area contributed by atoms with Crippen molar-refractivity contribution in [1.82, 2.24) is 9.97 Å². The summed E-state index contributed by atoms with van der Waals surface area (Å²) in [5.41, 5.74) is 0.626. The van der Waals surface area contributed by atoms with E-state index in [1.54, 1.807) is 36.8 Å². The van der Waals surface area contributed by atoms with E-state index in [0.717, 1.165) is 5.69 Å². The summed E-state index contributed by atoms with van der Waals surface area (Å²) in [6, 6.07) is 9.01. The predicted octanol–water partition coefficient (Wildman–Crippen LogP) is 3.91. The van der Waals surface area contributed by atoms with E-state index < -0.39 is 19.9 Å². The number of benzene rings is 1. The molecule has 1 aromatic carbocycles. The Balaban J connectivity index is 2.65. The summed E-state index contributed by atoms with van der Waals surface area (Å²) in [5.74, 6) is -0.466. The topological polar surface area (TPSA) is 88.0 Å². The predicted molar refractivity (Wildman–Crippen MR) is 105 cm³/mol. The molecule has 0 radical (unpaired) electrons. The van der Waals surface area contributed by atoms with E-state index in [1.807, 2.05) is 0 Å². The average Bonchev–Trinajstić information content (AvgIpc) is 3.12. The van der Waals surface area contributed by atoms with Crippen molar-refractivity contribution < 1.29 is 14.0 Å². The van der Waals surface area contributed by atoms with Gasteiger partial charge in [-0.1, -0.05) is 32.9 Å². The molecule has 1 aromatic heterocycles. The number of carbonyl (C=O) groups is 1. The number of nitrogens with one attached hydrogen (secondary N) is 1. The van der Waals surface area contributed by atoms with E-state index in [0.29, 0.717) is 11.1 Å². The summed E-state index contributed by atoms with van der Waals surface area (Å²) in [6.45, 7) is 10.6. The van der Waals surface area contributed by atoms with Crippen LogP contribution in [0, 0.1) is 11.3 Å². The van der Waals surface area contributed by atoms with Crippen LogP contribution in [-0.2, 0) is 26.0 Å². The summed E-state index contributed by atoms with van der Waals surface area (Å²) in [7, 11) is -0.994. The van der Waals surface area contributed by atoms with Gasteiger partial charge in [-0.25, -0.2) is 9.78 Å². The number of esters is 1. The summed E-state index contributed by atoms with van der Waals surface area (Å²) in [6.07, 6.45) is 3.51. The second-order valence-corrected chi connectivity index (χ2v) is 12.8. The molecule has 6 nitrogen and oxygen atoms in total. The van der Waals surface area contributed by atoms with Gasteiger partial charge in [-0.2, -0.15) is 5.26 Å². The number of nitrogens with zero attached hydrogens (tertiary/aromatic N) is 2. The van der Waals surface area contributed by atoms with Gasteiger partial charge in [0.2, 0.25) is 0 Å². The van der Waals surface area contributed by atoms with E-state index in [1.165, 1.54) is 7.11 Å². The van der Waals surface area contributed by atoms with Crippen molar-refractivity contribution in [2.24, 2.45) is 0 Å². The highest BCUT2D eigenvalue weighted by molar-refractivity contribution is 6.74. The molecule has 27 heavy (non-hydrogen) atoms. The molecule has 1 heterocycles. The molecule has 0 aliphatic heterocycles. The quantitative estimate of drug-likeness (QED) is 0.601. The molecular formula is C20H27N3O3Si. The van der Waals surface area contributed by atoms with Gasteiger partial charge in [0.1, 0.15) is 0 Å². The lowest BCUT2D eigenvalue weighted by Crippen LogP contribution is -2.53. The first-order valence-electron chi connectivity index (χ1n) is 8.82. The number of methoxy groups -OCH3 is 1. The molecule has 0 fully saturated rings. The zero-order valence-electron chi connectivity index (χ0n) is 16.8. The summed E-state index contributed by atoms with van der Waals surface area (Å²) in [4.78, 5) is 20.2. The van der Waals surface area contributed by atoms with E-state index in [9.17, 15) is 4.79 Å². The van der Waals surface area contributed by atoms with Gasteiger partial charge in [-0.3, -0.25) is 0 Å². The van der Waals surface area contributed by atoms with E-state index in [4.69, 9.17) is 14.4 Å². The molecule has 1 unspecified atom stereocenters. The van der Waals surface area contributed by atoms with Gasteiger partial charge in [-0.05, 0) is 35.8 Å². The molecule has 144 valence electrons. The van der Waals surface area contributed by atoms with Crippen LogP contribution in [0.5, 0.6) is 0 Å². The number of aromatic nitrogens is 2. The van der Waals surface area contributed by atoms with Crippen LogP contribution in [0.4, 0.5) is 0 Å². The molecule has 0 bridgehead atoms. The fourth-order valence-corrected chi connectivity index (χ4v) is 4.10. The number of aromatic amines is 1. The molecular weight excluding hydrogens is 358 g/mol. The molecule has 1 atom stereocenters. The minimum absolute atomic E-state index is 0.104. The van der Waals surface area contributed by atoms with Crippen LogP contribution in [0.2, 0.25) is 18.1 Å². The van der Waals surface area contributed by atoms with E-state index in [2.05, 4.69) is 49.9 Å². The number of hydrogen-bond donors (Lipinski definition) is 1. The first-order chi connectivity index (χ1) is 12.6. The van der Waals surface area contributed by atoms with Crippen molar-refractivity contribution in [3.8, 4) is 6.07 Å². The Hall–Kier alpha value is -2.43. The molecule has 1 N–H and O–H groups in total. The maximum Gasteiger partial charge on any atom is 0.342 e. The Morgan fingerprint density at radius 3 is 2.33 bits per heavy atom. The van der Waals surface area contributed by atoms with Crippen molar-refractivity contribution in [3.05, 3.63) is 53.6 Å². The minimum Gasteiger partial charge on any atom is -0.467 e. The van der Waals surface area contributed by atoms with Crippen LogP contribution in [0.3, 0.4) is 0 Å². The fourth-order valence-electron chi connectivity index (χ4n) is 2.65. The van der Waals surface area contributed by atoms with Crippen molar-refractivity contribution in [2.45, 2.75) is 50.9 Å². The fraction of sp³-hybridized carbons (Fsp3) is 0.450. The molecule has 0 aliphatic carbocycles. The molecule has 0 amide bonds. The number of rotatable bonds is 6. The van der Waals surface area contributed by atoms with Crippen molar-refractivity contribution >= 4 is 14.3 Å². The largest absolute Gasteiger partial charge is 0.467 e. The second kappa shape index (κ2) is 7.67. The van der Waals surface area contributed by atoms with Crippen LogP contribution in [0.15, 0.2) is 36.8 Å². The van der Waals surface area contributed by atoms with Crippen molar-refractivity contribution in [1.29, 1.82) is 5.26 Å². The number of ether oxygens (including phenoxy) is 1. The van der Waals surface area contributed by atoms with Crippen LogP contribution in [0.25, 0.3) is 0 Å². The third kappa shape index (κ3) is 4.29. The second-order valence-electron chi connectivity index (χ2n) is 8.12. The Kier molecular flexibility index (Phi) is 5.93. The first kappa shape index (κ1) is 20.9. The highest BCUT2D eigenvalue weighted by atomic mass is 28.4. The number of carbonyl (C=O) groups excluding carboxylic acids is 1. The lowest BCUT2D eigenvalue weighted by molar-refractivity contribution is -0.161. The number of imidazole rings is 1. The summed E-state index contributed by atoms with van der Waals surface area (Å²) < 4.78 is 11.9. The van der Waals surface area contributed by atoms with Crippen LogP contribution in [-0.4, -0.2) is 31.4 Å². The molecule has 0 saturated heterocycles. The molecule has 0 aliphatic rings. The average molecular weight is 386 g/mol. The maximum atomic E-state index is 13.1. The SMILES string of the molecule is COC(=O)C(Cc1cnc[nH]1)(O[Si](C)(C)C(C)(C)C)c1ccc(C#N)cc1. The molecule has 2 aromatic rings. The third-order valence-corrected chi connectivity index (χ3v) is 9.70. The summed E-state index contributed by atoms with van der Waals surface area (Å²) >= 11 is 0. The lowest BCUT2D eigenvalue weighted by atomic mass is 9.88. The Morgan fingerprint density at radius 2 is 1.89 bits per heavy atom. The Bertz CT molecular complexity index is 818. The van der Waals surface area contributed by atoms with Gasteiger partial charge in [0.15, 0.2) is 13.9 Å². The monoisotopic (exact) mass is 385 g/mol. The highest BCUT2D eigenvalue weighted by Crippen LogP contribution is 2.43. The van der Waals surface area contributed by atoms with Gasteiger partial charge in [0.25, 0.3) is 0 Å². The molecule has 7 heteroatoms. The Morgan fingerprint density at radius 1 is 1.26 bits per heavy atom. The minimum atomic E-state index is -2.36. The smallest absolute Gasteiger partial charge is 0.342 e. The number of nitriles is 1. The normalized spacial score (nSPS) is 14.3. The summed E-state index contributed by atoms with van der Waals surface area (Å²) in [5, 5.41) is 9.00. The van der Waals surface area contributed by atoms with Gasteiger partial charge in [0, 0.05) is 18.3 Å². The Labute approximate surface area is 161 Å². The van der Waals surface area contributed by atoms with Gasteiger partial charge in [-0.15, -0.1) is 0 Å². The van der Waals surface area contributed by atoms with Crippen molar-refractivity contribution in [3.63, 3.8) is 0 Å². The number of hydrogen-bond acceptors (Lipinski definition) is 5. The zero-order valence-corrected chi connectivity index (χ0v) is 17.8. The van der Waals surface area contributed by atoms with Crippen LogP contribution >= 0.6 is 0 Å². The molecule has 0 saturated carbocycles. The highest BCUT2D eigenvalue weighted by Gasteiger charge is 2.51.